The summed E-state index contributed by atoms with van der Waals surface area (Å²) in [6.07, 6.45) is 1.64. The highest BCUT2D eigenvalue weighted by Gasteiger charge is 2.17. The molecule has 0 aliphatic carbocycles. The van der Waals surface area contributed by atoms with Crippen LogP contribution in [0.2, 0.25) is 5.02 Å². The fraction of sp³-hybridized carbons (Fsp3) is 0.0294. The van der Waals surface area contributed by atoms with Crippen LogP contribution in [0.1, 0.15) is 11.1 Å². The minimum Gasteiger partial charge on any atom is -0.488 e. The molecule has 204 valence electrons. The molecule has 0 saturated heterocycles. The molecule has 0 unspecified atom stereocenters. The third kappa shape index (κ3) is 4.87. The molecule has 0 aliphatic heterocycles. The van der Waals surface area contributed by atoms with E-state index in [1.807, 2.05) is 97.1 Å². The number of fused-ring (bicyclic) bond motifs is 3. The lowest BCUT2D eigenvalue weighted by atomic mass is 10.0. The summed E-state index contributed by atoms with van der Waals surface area (Å²) in [7, 11) is 0. The summed E-state index contributed by atoms with van der Waals surface area (Å²) in [5.41, 5.74) is 2.51. The highest BCUT2D eigenvalue weighted by Crippen LogP contribution is 2.31. The molecule has 7 aromatic rings. The first-order chi connectivity index (χ1) is 20.5. The normalized spacial score (nSPS) is 11.7. The molecule has 2 aromatic heterocycles. The third-order valence-electron chi connectivity index (χ3n) is 7.03. The van der Waals surface area contributed by atoms with E-state index in [1.165, 1.54) is 4.68 Å². The van der Waals surface area contributed by atoms with Gasteiger partial charge in [-0.25, -0.2) is 4.98 Å². The molecule has 0 atom stereocenters. The molecule has 0 amide bonds. The molecule has 6 nitrogen and oxygen atoms in total. The molecular formula is C34H21BrClN3O3. The average molecular weight is 635 g/mol. The number of hydrogen-bond acceptors (Lipinski definition) is 5. The van der Waals surface area contributed by atoms with E-state index < -0.39 is 0 Å². The van der Waals surface area contributed by atoms with Crippen molar-refractivity contribution in [3.8, 4) is 17.3 Å². The highest BCUT2D eigenvalue weighted by molar-refractivity contribution is 9.10. The summed E-state index contributed by atoms with van der Waals surface area (Å²) in [4.78, 5) is 18.6. The molecule has 42 heavy (non-hydrogen) atoms. The number of hydrogen-bond donors (Lipinski definition) is 0. The summed E-state index contributed by atoms with van der Waals surface area (Å²) in [6, 6.07) is 34.2. The summed E-state index contributed by atoms with van der Waals surface area (Å²) in [5.74, 6) is 1.33. The maximum atomic E-state index is 13.8. The maximum Gasteiger partial charge on any atom is 0.282 e. The summed E-state index contributed by atoms with van der Waals surface area (Å²) >= 11 is 9.89. The van der Waals surface area contributed by atoms with Gasteiger partial charge in [-0.2, -0.15) is 9.78 Å². The van der Waals surface area contributed by atoms with Crippen molar-refractivity contribution in [2.75, 3.05) is 0 Å². The van der Waals surface area contributed by atoms with Gasteiger partial charge in [-0.15, -0.1) is 0 Å². The zero-order valence-electron chi connectivity index (χ0n) is 22.0. The van der Waals surface area contributed by atoms with Crippen molar-refractivity contribution >= 4 is 66.4 Å². The third-order valence-corrected chi connectivity index (χ3v) is 7.89. The van der Waals surface area contributed by atoms with Gasteiger partial charge in [0.25, 0.3) is 5.56 Å². The average Bonchev–Trinajstić information content (AvgIpc) is 3.43. The second-order valence-electron chi connectivity index (χ2n) is 9.69. The molecule has 0 spiro atoms. The van der Waals surface area contributed by atoms with E-state index in [9.17, 15) is 4.79 Å². The standard InChI is InChI=1S/C34H21BrClN3O3/c35-24-14-16-30-23(17-24)18-32(42-30)33-38-29-12-6-4-10-26(29)34(40)39(33)37-19-27-25-9-3-1-7-21(25)13-15-31(27)41-20-22-8-2-5-11-28(22)36/h1-19H,20H2. The Morgan fingerprint density at radius 3 is 2.55 bits per heavy atom. The molecule has 0 fully saturated rings. The second-order valence-corrected chi connectivity index (χ2v) is 11.0. The van der Waals surface area contributed by atoms with Crippen LogP contribution in [0.5, 0.6) is 5.75 Å². The van der Waals surface area contributed by atoms with Crippen LogP contribution < -0.4 is 10.3 Å². The van der Waals surface area contributed by atoms with Gasteiger partial charge in [-0.3, -0.25) is 4.79 Å². The minimum atomic E-state index is -0.313. The zero-order chi connectivity index (χ0) is 28.6. The Balaban J connectivity index is 1.39. The Kier molecular flexibility index (Phi) is 6.82. The van der Waals surface area contributed by atoms with Gasteiger partial charge < -0.3 is 9.15 Å². The number of halogens is 2. The van der Waals surface area contributed by atoms with Crippen LogP contribution in [-0.2, 0) is 6.61 Å². The highest BCUT2D eigenvalue weighted by atomic mass is 79.9. The first-order valence-electron chi connectivity index (χ1n) is 13.2. The lowest BCUT2D eigenvalue weighted by Crippen LogP contribution is -2.20. The van der Waals surface area contributed by atoms with Crippen LogP contribution in [0.3, 0.4) is 0 Å². The number of nitrogens with zero attached hydrogens (tertiary/aromatic N) is 3. The largest absolute Gasteiger partial charge is 0.488 e. The predicted octanol–water partition coefficient (Wildman–Crippen LogP) is 8.84. The summed E-state index contributed by atoms with van der Waals surface area (Å²) < 4.78 is 14.6. The molecule has 0 radical (unpaired) electrons. The van der Waals surface area contributed by atoms with Crippen LogP contribution in [-0.4, -0.2) is 15.9 Å². The van der Waals surface area contributed by atoms with E-state index in [-0.39, 0.29) is 12.2 Å². The zero-order valence-corrected chi connectivity index (χ0v) is 24.3. The smallest absolute Gasteiger partial charge is 0.282 e. The first kappa shape index (κ1) is 26.2. The van der Waals surface area contributed by atoms with Crippen LogP contribution in [0.4, 0.5) is 0 Å². The number of furan rings is 1. The van der Waals surface area contributed by atoms with Gasteiger partial charge >= 0.3 is 0 Å². The number of rotatable bonds is 6. The molecule has 0 aliphatic rings. The Morgan fingerprint density at radius 1 is 0.881 bits per heavy atom. The van der Waals surface area contributed by atoms with E-state index in [2.05, 4.69) is 15.9 Å². The van der Waals surface area contributed by atoms with Crippen molar-refractivity contribution in [1.29, 1.82) is 0 Å². The van der Waals surface area contributed by atoms with E-state index in [4.69, 9.17) is 30.8 Å². The van der Waals surface area contributed by atoms with E-state index in [1.54, 1.807) is 18.3 Å². The van der Waals surface area contributed by atoms with Crippen molar-refractivity contribution in [1.82, 2.24) is 9.66 Å². The van der Waals surface area contributed by atoms with Crippen molar-refractivity contribution in [2.24, 2.45) is 5.10 Å². The van der Waals surface area contributed by atoms with Crippen molar-refractivity contribution < 1.29 is 9.15 Å². The lowest BCUT2D eigenvalue weighted by Gasteiger charge is -2.13. The predicted molar refractivity (Wildman–Crippen MR) is 172 cm³/mol. The van der Waals surface area contributed by atoms with Crippen LogP contribution in [0, 0.1) is 0 Å². The van der Waals surface area contributed by atoms with Gasteiger partial charge in [0.2, 0.25) is 5.82 Å². The molecular weight excluding hydrogens is 614 g/mol. The quantitative estimate of drug-likeness (QED) is 0.171. The Hall–Kier alpha value is -4.72. The molecule has 2 heterocycles. The second kappa shape index (κ2) is 10.9. The topological polar surface area (TPSA) is 69.6 Å². The summed E-state index contributed by atoms with van der Waals surface area (Å²) in [6.45, 7) is 0.274. The minimum absolute atomic E-state index is 0.274. The maximum absolute atomic E-state index is 13.8. The molecule has 0 bridgehead atoms. The van der Waals surface area contributed by atoms with Gasteiger partial charge in [0, 0.05) is 26.0 Å². The first-order valence-corrected chi connectivity index (χ1v) is 14.4. The number of para-hydroxylation sites is 1. The van der Waals surface area contributed by atoms with Gasteiger partial charge in [0.05, 0.1) is 17.1 Å². The van der Waals surface area contributed by atoms with Gasteiger partial charge in [0.15, 0.2) is 5.76 Å². The number of ether oxygens (including phenoxy) is 1. The van der Waals surface area contributed by atoms with Crippen molar-refractivity contribution in [3.63, 3.8) is 0 Å². The van der Waals surface area contributed by atoms with Gasteiger partial charge in [-0.05, 0) is 59.3 Å². The van der Waals surface area contributed by atoms with Crippen LogP contribution >= 0.6 is 27.5 Å². The van der Waals surface area contributed by atoms with Gasteiger partial charge in [-0.1, -0.05) is 88.2 Å². The van der Waals surface area contributed by atoms with Crippen LogP contribution in [0.25, 0.3) is 44.2 Å². The fourth-order valence-corrected chi connectivity index (χ4v) is 5.50. The van der Waals surface area contributed by atoms with E-state index in [0.717, 1.165) is 31.8 Å². The van der Waals surface area contributed by atoms with E-state index in [0.29, 0.717) is 38.8 Å². The SMILES string of the molecule is O=c1c2ccccc2nc(-c2cc3cc(Br)ccc3o2)n1N=Cc1c(OCc2ccccc2Cl)ccc2ccccc12. The molecule has 7 rings (SSSR count). The van der Waals surface area contributed by atoms with Crippen LogP contribution in [0.15, 0.2) is 128 Å². The van der Waals surface area contributed by atoms with E-state index >= 15 is 0 Å². The monoisotopic (exact) mass is 633 g/mol. The Labute approximate surface area is 253 Å². The molecule has 0 N–H and O–H groups in total. The molecule has 5 aromatic carbocycles. The van der Waals surface area contributed by atoms with Gasteiger partial charge in [0.1, 0.15) is 17.9 Å². The summed E-state index contributed by atoms with van der Waals surface area (Å²) in [5, 5.41) is 8.61. The molecule has 0 saturated carbocycles. The lowest BCUT2D eigenvalue weighted by molar-refractivity contribution is 0.306. The van der Waals surface area contributed by atoms with Crippen molar-refractivity contribution in [3.05, 3.63) is 140 Å². The number of benzene rings is 5. The van der Waals surface area contributed by atoms with Crippen molar-refractivity contribution in [2.45, 2.75) is 6.61 Å². The fourth-order valence-electron chi connectivity index (χ4n) is 4.94. The Morgan fingerprint density at radius 2 is 1.67 bits per heavy atom. The molecule has 8 heteroatoms. The number of aromatic nitrogens is 2. The Bertz CT molecular complexity index is 2220.